The van der Waals surface area contributed by atoms with Crippen molar-refractivity contribution >= 4 is 16.9 Å². The average molecular weight is 597 g/mol. The fourth-order valence-corrected chi connectivity index (χ4v) is 4.97. The van der Waals surface area contributed by atoms with Gasteiger partial charge in [-0.1, -0.05) is 0 Å². The van der Waals surface area contributed by atoms with Gasteiger partial charge in [0.15, 0.2) is 28.6 Å². The Hall–Kier alpha value is -4.82. The normalized spacial score (nSPS) is 21.8. The van der Waals surface area contributed by atoms with Gasteiger partial charge < -0.3 is 54.0 Å². The van der Waals surface area contributed by atoms with Gasteiger partial charge in [0, 0.05) is 17.7 Å². The Balaban J connectivity index is 1.66. The van der Waals surface area contributed by atoms with Crippen LogP contribution >= 0.6 is 0 Å². The smallest absolute Gasteiger partial charge is 0.338 e. The lowest BCUT2D eigenvalue weighted by Crippen LogP contribution is -2.56. The van der Waals surface area contributed by atoms with Crippen LogP contribution in [0.15, 0.2) is 63.8 Å². The molecule has 5 atom stereocenters. The summed E-state index contributed by atoms with van der Waals surface area (Å²) in [5.41, 5.74) is -1.05. The lowest BCUT2D eigenvalue weighted by atomic mass is 9.89. The Bertz CT molecular complexity index is 1710. The number of aliphatic hydroxyl groups is 3. The van der Waals surface area contributed by atoms with Gasteiger partial charge in [-0.2, -0.15) is 0 Å². The van der Waals surface area contributed by atoms with E-state index in [9.17, 15) is 40.2 Å². The average Bonchev–Trinajstić information content (AvgIpc) is 2.99. The first-order valence-electron chi connectivity index (χ1n) is 13.0. The van der Waals surface area contributed by atoms with Gasteiger partial charge in [0.05, 0.1) is 32.0 Å². The van der Waals surface area contributed by atoms with Gasteiger partial charge in [0.1, 0.15) is 52.8 Å². The molecule has 0 spiro atoms. The number of benzene rings is 3. The quantitative estimate of drug-likeness (QED) is 0.169. The van der Waals surface area contributed by atoms with Crippen LogP contribution in [0.1, 0.15) is 22.0 Å². The molecule has 226 valence electrons. The Morgan fingerprint density at radius 2 is 1.58 bits per heavy atom. The van der Waals surface area contributed by atoms with Crippen molar-refractivity contribution in [2.24, 2.45) is 0 Å². The van der Waals surface area contributed by atoms with Crippen molar-refractivity contribution in [3.05, 3.63) is 75.9 Å². The predicted octanol–water partition coefficient (Wildman–Crippen LogP) is 1.97. The molecule has 0 amide bonds. The van der Waals surface area contributed by atoms with Gasteiger partial charge in [0.25, 0.3) is 0 Å². The molecule has 0 saturated carbocycles. The number of carbonyl (C=O) groups excluding carboxylic acids is 1. The van der Waals surface area contributed by atoms with Crippen LogP contribution in [0, 0.1) is 0 Å². The highest BCUT2D eigenvalue weighted by Gasteiger charge is 2.49. The van der Waals surface area contributed by atoms with Crippen LogP contribution in [0.4, 0.5) is 0 Å². The molecule has 0 radical (unpaired) electrons. The monoisotopic (exact) mass is 596 g/mol. The molecule has 2 heterocycles. The molecule has 1 fully saturated rings. The summed E-state index contributed by atoms with van der Waals surface area (Å²) in [6.45, 7) is -0.773. The molecule has 1 aliphatic heterocycles. The summed E-state index contributed by atoms with van der Waals surface area (Å²) in [4.78, 5) is 26.4. The van der Waals surface area contributed by atoms with Crippen LogP contribution in [0.25, 0.3) is 22.3 Å². The van der Waals surface area contributed by atoms with E-state index in [1.807, 2.05) is 0 Å². The van der Waals surface area contributed by atoms with Crippen LogP contribution in [0.5, 0.6) is 28.7 Å². The molecule has 0 unspecified atom stereocenters. The topological polar surface area (TPSA) is 206 Å². The van der Waals surface area contributed by atoms with Crippen molar-refractivity contribution in [3.8, 4) is 40.1 Å². The zero-order valence-electron chi connectivity index (χ0n) is 22.8. The number of rotatable bonds is 7. The largest absolute Gasteiger partial charge is 0.508 e. The SMILES string of the molecule is COc1ccc(C(=O)O[C@@H]2[C@@H](O)[C@H](O)[C@H](CO)O[C@H]2c2c(O)cc(O)c3c(=O)cc(-c4ccc(O)cc4)oc23)cc1OC. The number of aromatic hydroxyl groups is 3. The summed E-state index contributed by atoms with van der Waals surface area (Å²) >= 11 is 0. The van der Waals surface area contributed by atoms with Gasteiger partial charge >= 0.3 is 5.97 Å². The number of ether oxygens (including phenoxy) is 4. The summed E-state index contributed by atoms with van der Waals surface area (Å²) in [6.07, 6.45) is -8.34. The molecule has 0 aliphatic carbocycles. The van der Waals surface area contributed by atoms with Crippen LogP contribution in [-0.4, -0.2) is 81.9 Å². The highest BCUT2D eigenvalue weighted by atomic mass is 16.6. The lowest BCUT2D eigenvalue weighted by molar-refractivity contribution is -0.231. The van der Waals surface area contributed by atoms with E-state index in [1.165, 1.54) is 56.7 Å². The second-order valence-corrected chi connectivity index (χ2v) is 9.75. The summed E-state index contributed by atoms with van der Waals surface area (Å²) in [5, 5.41) is 62.5. The van der Waals surface area contributed by atoms with E-state index in [0.717, 1.165) is 12.1 Å². The van der Waals surface area contributed by atoms with Crippen LogP contribution in [0.3, 0.4) is 0 Å². The number of hydrogen-bond acceptors (Lipinski definition) is 13. The van der Waals surface area contributed by atoms with Crippen molar-refractivity contribution in [1.29, 1.82) is 0 Å². The molecule has 43 heavy (non-hydrogen) atoms. The molecule has 4 aromatic rings. The number of carbonyl (C=O) groups is 1. The third-order valence-electron chi connectivity index (χ3n) is 7.16. The summed E-state index contributed by atoms with van der Waals surface area (Å²) in [6, 6.07) is 11.8. The van der Waals surface area contributed by atoms with Gasteiger partial charge in [-0.15, -0.1) is 0 Å². The van der Waals surface area contributed by atoms with Crippen LogP contribution in [-0.2, 0) is 9.47 Å². The van der Waals surface area contributed by atoms with Gasteiger partial charge in [-0.25, -0.2) is 4.79 Å². The van der Waals surface area contributed by atoms with Gasteiger partial charge in [-0.3, -0.25) is 4.79 Å². The van der Waals surface area contributed by atoms with Crippen molar-refractivity contribution in [1.82, 2.24) is 0 Å². The Kier molecular flexibility index (Phi) is 8.15. The molecule has 0 bridgehead atoms. The fourth-order valence-electron chi connectivity index (χ4n) is 4.97. The van der Waals surface area contributed by atoms with E-state index in [4.69, 9.17) is 23.4 Å². The molecular formula is C30H28O13. The number of methoxy groups -OCH3 is 2. The Morgan fingerprint density at radius 1 is 0.884 bits per heavy atom. The number of esters is 1. The lowest BCUT2D eigenvalue weighted by Gasteiger charge is -2.42. The molecule has 5 rings (SSSR count). The highest BCUT2D eigenvalue weighted by Crippen LogP contribution is 2.45. The zero-order chi connectivity index (χ0) is 31.0. The third-order valence-corrected chi connectivity index (χ3v) is 7.16. The van der Waals surface area contributed by atoms with E-state index in [-0.39, 0.29) is 39.4 Å². The van der Waals surface area contributed by atoms with E-state index in [0.29, 0.717) is 11.3 Å². The maximum Gasteiger partial charge on any atom is 0.338 e. The van der Waals surface area contributed by atoms with Crippen molar-refractivity contribution in [2.75, 3.05) is 20.8 Å². The number of hydrogen-bond donors (Lipinski definition) is 6. The summed E-state index contributed by atoms with van der Waals surface area (Å²) < 4.78 is 27.8. The van der Waals surface area contributed by atoms with Gasteiger partial charge in [-0.05, 0) is 42.5 Å². The first kappa shape index (κ1) is 29.7. The molecular weight excluding hydrogens is 568 g/mol. The molecule has 1 aliphatic rings. The standard InChI is InChI=1S/C30H28O13/c1-39-19-8-5-14(9-21(19)40-2)30(38)43-29-26(37)25(36)22(12-31)42-28(29)24-17(34)10-16(33)23-18(35)11-20(41-27(23)24)13-3-6-15(32)7-4-13/h3-11,22,25-26,28-29,31-34,36-37H,12H2,1-2H3/t22-,25+,26-,28-,29+/m0/s1. The van der Waals surface area contributed by atoms with Crippen LogP contribution < -0.4 is 14.9 Å². The van der Waals surface area contributed by atoms with Crippen molar-refractivity contribution in [2.45, 2.75) is 30.5 Å². The maximum absolute atomic E-state index is 13.3. The molecule has 1 aromatic heterocycles. The molecule has 13 heteroatoms. The number of fused-ring (bicyclic) bond motifs is 1. The number of phenols is 3. The second-order valence-electron chi connectivity index (χ2n) is 9.75. The maximum atomic E-state index is 13.3. The molecule has 1 saturated heterocycles. The number of phenolic OH excluding ortho intramolecular Hbond substituents is 3. The van der Waals surface area contributed by atoms with Gasteiger partial charge in [0.2, 0.25) is 0 Å². The first-order valence-corrected chi connectivity index (χ1v) is 13.0. The molecule has 6 N–H and O–H groups in total. The van der Waals surface area contributed by atoms with Crippen molar-refractivity contribution < 1.29 is 58.8 Å². The Labute approximate surface area is 243 Å². The molecule has 13 nitrogen and oxygen atoms in total. The van der Waals surface area contributed by atoms with E-state index in [2.05, 4.69) is 0 Å². The minimum atomic E-state index is -1.85. The van der Waals surface area contributed by atoms with E-state index < -0.39 is 60.0 Å². The van der Waals surface area contributed by atoms with Crippen LogP contribution in [0.2, 0.25) is 0 Å². The third kappa shape index (κ3) is 5.42. The van der Waals surface area contributed by atoms with Crippen molar-refractivity contribution in [3.63, 3.8) is 0 Å². The highest BCUT2D eigenvalue weighted by molar-refractivity contribution is 5.91. The minimum Gasteiger partial charge on any atom is -0.508 e. The second kappa shape index (κ2) is 11.8. The fraction of sp³-hybridized carbons (Fsp3) is 0.267. The summed E-state index contributed by atoms with van der Waals surface area (Å²) in [7, 11) is 2.78. The number of aliphatic hydroxyl groups excluding tert-OH is 3. The predicted molar refractivity (Wildman–Crippen MR) is 148 cm³/mol. The van der Waals surface area contributed by atoms with E-state index >= 15 is 0 Å². The first-order chi connectivity index (χ1) is 20.6. The Morgan fingerprint density at radius 3 is 2.23 bits per heavy atom. The summed E-state index contributed by atoms with van der Waals surface area (Å²) in [5.74, 6) is -1.79. The molecule has 3 aromatic carbocycles. The zero-order valence-corrected chi connectivity index (χ0v) is 22.8. The van der Waals surface area contributed by atoms with E-state index in [1.54, 1.807) is 0 Å². The minimum absolute atomic E-state index is 0.0160.